The zero-order valence-electron chi connectivity index (χ0n) is 6.75. The molecule has 0 fully saturated rings. The lowest BCUT2D eigenvalue weighted by Crippen LogP contribution is -2.15. The van der Waals surface area contributed by atoms with E-state index in [4.69, 9.17) is 5.73 Å². The van der Waals surface area contributed by atoms with Crippen LogP contribution >= 0.6 is 15.9 Å². The Morgan fingerprint density at radius 2 is 2.15 bits per heavy atom. The van der Waals surface area contributed by atoms with Crippen LogP contribution in [0.3, 0.4) is 0 Å². The SMILES string of the molecule is N[C@H](CC(F)F)c1cccc(Br)n1. The van der Waals surface area contributed by atoms with Crippen molar-refractivity contribution in [1.82, 2.24) is 4.98 Å². The van der Waals surface area contributed by atoms with Crippen LogP contribution in [0.5, 0.6) is 0 Å². The normalized spacial score (nSPS) is 13.3. The van der Waals surface area contributed by atoms with Crippen molar-refractivity contribution in [2.45, 2.75) is 18.9 Å². The van der Waals surface area contributed by atoms with Gasteiger partial charge in [0.15, 0.2) is 0 Å². The van der Waals surface area contributed by atoms with Crippen molar-refractivity contribution >= 4 is 15.9 Å². The van der Waals surface area contributed by atoms with E-state index < -0.39 is 12.5 Å². The van der Waals surface area contributed by atoms with Gasteiger partial charge < -0.3 is 5.73 Å². The van der Waals surface area contributed by atoms with Gasteiger partial charge in [-0.05, 0) is 28.1 Å². The second-order valence-corrected chi connectivity index (χ2v) is 3.43. The van der Waals surface area contributed by atoms with Crippen LogP contribution in [0.4, 0.5) is 8.78 Å². The molecule has 0 unspecified atom stereocenters. The highest BCUT2D eigenvalue weighted by Crippen LogP contribution is 2.17. The highest BCUT2D eigenvalue weighted by atomic mass is 79.9. The third-order valence-electron chi connectivity index (χ3n) is 1.55. The number of rotatable bonds is 3. The van der Waals surface area contributed by atoms with Crippen LogP contribution in [0.15, 0.2) is 22.8 Å². The lowest BCUT2D eigenvalue weighted by atomic mass is 10.1. The summed E-state index contributed by atoms with van der Waals surface area (Å²) in [6.07, 6.45) is -2.75. The molecule has 1 aromatic heterocycles. The second kappa shape index (κ2) is 4.62. The first kappa shape index (κ1) is 10.5. The van der Waals surface area contributed by atoms with Gasteiger partial charge in [-0.2, -0.15) is 0 Å². The molecule has 5 heteroatoms. The van der Waals surface area contributed by atoms with Gasteiger partial charge in [0.2, 0.25) is 6.43 Å². The van der Waals surface area contributed by atoms with Crippen molar-refractivity contribution in [3.05, 3.63) is 28.5 Å². The van der Waals surface area contributed by atoms with Crippen molar-refractivity contribution in [2.24, 2.45) is 5.73 Å². The Labute approximate surface area is 83.3 Å². The number of pyridine rings is 1. The predicted octanol–water partition coefficient (Wildman–Crippen LogP) is 2.50. The molecular weight excluding hydrogens is 242 g/mol. The summed E-state index contributed by atoms with van der Waals surface area (Å²) in [7, 11) is 0. The van der Waals surface area contributed by atoms with Gasteiger partial charge in [-0.15, -0.1) is 0 Å². The van der Waals surface area contributed by atoms with Crippen molar-refractivity contribution in [2.75, 3.05) is 0 Å². The quantitative estimate of drug-likeness (QED) is 0.838. The molecule has 0 bridgehead atoms. The third kappa shape index (κ3) is 3.36. The van der Waals surface area contributed by atoms with E-state index >= 15 is 0 Å². The van der Waals surface area contributed by atoms with Gasteiger partial charge in [0.05, 0.1) is 11.7 Å². The summed E-state index contributed by atoms with van der Waals surface area (Å²) in [4.78, 5) is 3.98. The molecule has 0 radical (unpaired) electrons. The van der Waals surface area contributed by atoms with Crippen molar-refractivity contribution in [3.8, 4) is 0 Å². The van der Waals surface area contributed by atoms with Crippen LogP contribution in [-0.2, 0) is 0 Å². The van der Waals surface area contributed by atoms with E-state index in [1.807, 2.05) is 0 Å². The Hall–Kier alpha value is -0.550. The minimum Gasteiger partial charge on any atom is -0.322 e. The summed E-state index contributed by atoms with van der Waals surface area (Å²) in [5.74, 6) is 0. The van der Waals surface area contributed by atoms with Crippen molar-refractivity contribution in [1.29, 1.82) is 0 Å². The molecule has 0 saturated carbocycles. The van der Waals surface area contributed by atoms with Gasteiger partial charge >= 0.3 is 0 Å². The Balaban J connectivity index is 2.71. The Kier molecular flexibility index (Phi) is 3.74. The molecule has 0 saturated heterocycles. The molecule has 0 aliphatic heterocycles. The van der Waals surface area contributed by atoms with E-state index in [2.05, 4.69) is 20.9 Å². The molecule has 13 heavy (non-hydrogen) atoms. The van der Waals surface area contributed by atoms with Gasteiger partial charge in [0.25, 0.3) is 0 Å². The molecule has 1 heterocycles. The van der Waals surface area contributed by atoms with E-state index in [1.54, 1.807) is 18.2 Å². The van der Waals surface area contributed by atoms with Gasteiger partial charge in [0, 0.05) is 6.42 Å². The zero-order chi connectivity index (χ0) is 9.84. The lowest BCUT2D eigenvalue weighted by Gasteiger charge is -2.09. The molecule has 72 valence electrons. The smallest absolute Gasteiger partial charge is 0.240 e. The van der Waals surface area contributed by atoms with E-state index in [0.29, 0.717) is 10.3 Å². The number of aromatic nitrogens is 1. The molecular formula is C8H9BrF2N2. The highest BCUT2D eigenvalue weighted by Gasteiger charge is 2.13. The first-order valence-corrected chi connectivity index (χ1v) is 4.55. The molecule has 0 aliphatic carbocycles. The molecule has 0 amide bonds. The minimum atomic E-state index is -2.39. The maximum atomic E-state index is 12.0. The summed E-state index contributed by atoms with van der Waals surface area (Å²) < 4.78 is 24.5. The standard InChI is InChI=1S/C8H9BrF2N2/c9-7-3-1-2-6(13-7)5(12)4-8(10)11/h1-3,5,8H,4,12H2/t5-/m1/s1. The monoisotopic (exact) mass is 250 g/mol. The molecule has 0 spiro atoms. The summed E-state index contributed by atoms with van der Waals surface area (Å²) in [6, 6.07) is 4.38. The number of hydrogen-bond acceptors (Lipinski definition) is 2. The Morgan fingerprint density at radius 3 is 2.69 bits per heavy atom. The lowest BCUT2D eigenvalue weighted by molar-refractivity contribution is 0.128. The topological polar surface area (TPSA) is 38.9 Å². The van der Waals surface area contributed by atoms with E-state index in [-0.39, 0.29) is 6.42 Å². The molecule has 2 N–H and O–H groups in total. The molecule has 0 aromatic carbocycles. The van der Waals surface area contributed by atoms with Gasteiger partial charge in [-0.1, -0.05) is 6.07 Å². The van der Waals surface area contributed by atoms with E-state index in [9.17, 15) is 8.78 Å². The average Bonchev–Trinajstić information content (AvgIpc) is 2.03. The number of nitrogens with two attached hydrogens (primary N) is 1. The molecule has 1 aromatic rings. The molecule has 2 nitrogen and oxygen atoms in total. The van der Waals surface area contributed by atoms with Gasteiger partial charge in [0.1, 0.15) is 4.60 Å². The summed E-state index contributed by atoms with van der Waals surface area (Å²) in [6.45, 7) is 0. The van der Waals surface area contributed by atoms with Crippen LogP contribution < -0.4 is 5.73 Å². The number of halogens is 3. The summed E-state index contributed by atoms with van der Waals surface area (Å²) >= 11 is 3.14. The Bertz CT molecular complexity index is 281. The van der Waals surface area contributed by atoms with Crippen LogP contribution in [0.2, 0.25) is 0 Å². The van der Waals surface area contributed by atoms with Crippen LogP contribution in [-0.4, -0.2) is 11.4 Å². The second-order valence-electron chi connectivity index (χ2n) is 2.62. The van der Waals surface area contributed by atoms with Crippen LogP contribution in [0, 0.1) is 0 Å². The van der Waals surface area contributed by atoms with Crippen LogP contribution in [0.25, 0.3) is 0 Å². The number of alkyl halides is 2. The average molecular weight is 251 g/mol. The van der Waals surface area contributed by atoms with Gasteiger partial charge in [-0.3, -0.25) is 0 Å². The summed E-state index contributed by atoms with van der Waals surface area (Å²) in [5, 5.41) is 0. The fourth-order valence-corrected chi connectivity index (χ4v) is 1.30. The molecule has 1 atom stereocenters. The fourth-order valence-electron chi connectivity index (χ4n) is 0.943. The van der Waals surface area contributed by atoms with E-state index in [1.165, 1.54) is 0 Å². The maximum Gasteiger partial charge on any atom is 0.240 e. The fraction of sp³-hybridized carbons (Fsp3) is 0.375. The predicted molar refractivity (Wildman–Crippen MR) is 49.5 cm³/mol. The molecule has 0 aliphatic rings. The summed E-state index contributed by atoms with van der Waals surface area (Å²) in [5.41, 5.74) is 5.98. The zero-order valence-corrected chi connectivity index (χ0v) is 8.34. The van der Waals surface area contributed by atoms with Crippen molar-refractivity contribution < 1.29 is 8.78 Å². The van der Waals surface area contributed by atoms with Crippen molar-refractivity contribution in [3.63, 3.8) is 0 Å². The number of nitrogens with zero attached hydrogens (tertiary/aromatic N) is 1. The first-order chi connectivity index (χ1) is 6.09. The Morgan fingerprint density at radius 1 is 1.46 bits per heavy atom. The number of hydrogen-bond donors (Lipinski definition) is 1. The maximum absolute atomic E-state index is 12.0. The minimum absolute atomic E-state index is 0.358. The highest BCUT2D eigenvalue weighted by molar-refractivity contribution is 9.10. The molecule has 1 rings (SSSR count). The van der Waals surface area contributed by atoms with Crippen LogP contribution in [0.1, 0.15) is 18.2 Å². The third-order valence-corrected chi connectivity index (χ3v) is 1.99. The van der Waals surface area contributed by atoms with Gasteiger partial charge in [-0.25, -0.2) is 13.8 Å². The van der Waals surface area contributed by atoms with E-state index in [0.717, 1.165) is 0 Å². The first-order valence-electron chi connectivity index (χ1n) is 3.76. The largest absolute Gasteiger partial charge is 0.322 e.